The monoisotopic (exact) mass is 450 g/mol. The first-order chi connectivity index (χ1) is 16.2. The first-order valence-electron chi connectivity index (χ1n) is 11.3. The summed E-state index contributed by atoms with van der Waals surface area (Å²) in [6.07, 6.45) is 1.82. The average Bonchev–Trinajstić information content (AvgIpc) is 3.32. The van der Waals surface area contributed by atoms with Gasteiger partial charge >= 0.3 is 0 Å². The number of benzene rings is 2. The number of amides is 1. The fraction of sp³-hybridized carbons (Fsp3) is 0.400. The van der Waals surface area contributed by atoms with Gasteiger partial charge in [-0.05, 0) is 56.6 Å². The van der Waals surface area contributed by atoms with Crippen LogP contribution in [-0.4, -0.2) is 47.8 Å². The Kier molecular flexibility index (Phi) is 7.57. The van der Waals surface area contributed by atoms with Gasteiger partial charge in [0.1, 0.15) is 11.5 Å². The maximum atomic E-state index is 12.8. The molecule has 4 rings (SSSR count). The third-order valence-corrected chi connectivity index (χ3v) is 5.78. The summed E-state index contributed by atoms with van der Waals surface area (Å²) >= 11 is 0. The Balaban J connectivity index is 1.31. The number of carbonyl (C=O) groups excluding carboxylic acids is 1. The first-order valence-corrected chi connectivity index (χ1v) is 11.3. The molecular weight excluding hydrogens is 420 g/mol. The molecule has 1 atom stereocenters. The maximum absolute atomic E-state index is 12.8. The van der Waals surface area contributed by atoms with E-state index >= 15 is 0 Å². The number of nitrogens with zero attached hydrogens (tertiary/aromatic N) is 3. The largest absolute Gasteiger partial charge is 0.497 e. The highest BCUT2D eigenvalue weighted by molar-refractivity contribution is 5.79. The predicted molar refractivity (Wildman–Crippen MR) is 124 cm³/mol. The van der Waals surface area contributed by atoms with Crippen molar-refractivity contribution < 1.29 is 18.8 Å². The Labute approximate surface area is 193 Å². The van der Waals surface area contributed by atoms with E-state index in [9.17, 15) is 4.79 Å². The van der Waals surface area contributed by atoms with Crippen molar-refractivity contribution >= 4 is 5.91 Å². The number of nitrogens with one attached hydrogen (secondary N) is 1. The molecule has 33 heavy (non-hydrogen) atoms. The summed E-state index contributed by atoms with van der Waals surface area (Å²) in [6.45, 7) is 5.10. The second kappa shape index (κ2) is 11.0. The summed E-state index contributed by atoms with van der Waals surface area (Å²) in [7, 11) is 1.63. The molecule has 3 aromatic rings. The smallest absolute Gasteiger partial charge is 0.241 e. The molecule has 1 aromatic heterocycles. The molecule has 174 valence electrons. The normalized spacial score (nSPS) is 16.4. The minimum absolute atomic E-state index is 0.0652. The van der Waals surface area contributed by atoms with Gasteiger partial charge in [0.2, 0.25) is 17.6 Å². The number of piperidine rings is 1. The number of para-hydroxylation sites is 1. The molecule has 1 amide bonds. The highest BCUT2D eigenvalue weighted by Gasteiger charge is 2.27. The van der Waals surface area contributed by atoms with E-state index in [0.717, 1.165) is 42.0 Å². The topological polar surface area (TPSA) is 89.7 Å². The zero-order valence-electron chi connectivity index (χ0n) is 19.1. The van der Waals surface area contributed by atoms with E-state index in [2.05, 4.69) is 20.4 Å². The van der Waals surface area contributed by atoms with Crippen molar-refractivity contribution in [2.45, 2.75) is 32.9 Å². The fourth-order valence-electron chi connectivity index (χ4n) is 4.05. The van der Waals surface area contributed by atoms with Gasteiger partial charge in [-0.3, -0.25) is 9.69 Å². The Morgan fingerprint density at radius 2 is 2.03 bits per heavy atom. The van der Waals surface area contributed by atoms with Gasteiger partial charge in [-0.15, -0.1) is 0 Å². The standard InChI is InChI=1S/C25H30N4O4/c1-3-32-22-9-5-4-7-19(22)15-26-25(30)20-8-6-14-29(16-20)17-23-27-24(28-33-23)18-10-12-21(31-2)13-11-18/h4-5,7,9-13,20H,3,6,8,14-17H2,1-2H3,(H,26,30). The van der Waals surface area contributed by atoms with Gasteiger partial charge in [-0.25, -0.2) is 0 Å². The van der Waals surface area contributed by atoms with Crippen molar-refractivity contribution in [1.29, 1.82) is 0 Å². The Morgan fingerprint density at radius 3 is 2.82 bits per heavy atom. The van der Waals surface area contributed by atoms with E-state index in [-0.39, 0.29) is 11.8 Å². The first kappa shape index (κ1) is 22.8. The zero-order valence-corrected chi connectivity index (χ0v) is 19.1. The SMILES string of the molecule is CCOc1ccccc1CNC(=O)C1CCCN(Cc2nc(-c3ccc(OC)cc3)no2)C1. The quantitative estimate of drug-likeness (QED) is 0.532. The molecule has 1 aliphatic rings. The van der Waals surface area contributed by atoms with Crippen LogP contribution in [0.2, 0.25) is 0 Å². The molecule has 2 aromatic carbocycles. The van der Waals surface area contributed by atoms with Gasteiger partial charge in [0, 0.05) is 24.2 Å². The van der Waals surface area contributed by atoms with E-state index in [1.165, 1.54) is 0 Å². The summed E-state index contributed by atoms with van der Waals surface area (Å²) in [4.78, 5) is 19.6. The molecule has 0 saturated carbocycles. The number of hydrogen-bond donors (Lipinski definition) is 1. The molecule has 0 aliphatic carbocycles. The van der Waals surface area contributed by atoms with Crippen LogP contribution < -0.4 is 14.8 Å². The summed E-state index contributed by atoms with van der Waals surface area (Å²) < 4.78 is 16.3. The number of methoxy groups -OCH3 is 1. The van der Waals surface area contributed by atoms with Crippen LogP contribution in [-0.2, 0) is 17.9 Å². The molecule has 1 fully saturated rings. The lowest BCUT2D eigenvalue weighted by molar-refractivity contribution is -0.127. The summed E-state index contributed by atoms with van der Waals surface area (Å²) in [5.74, 6) is 2.69. The van der Waals surface area contributed by atoms with Gasteiger partial charge in [-0.2, -0.15) is 4.98 Å². The van der Waals surface area contributed by atoms with E-state index in [1.54, 1.807) is 7.11 Å². The summed E-state index contributed by atoms with van der Waals surface area (Å²) in [5.41, 5.74) is 1.85. The van der Waals surface area contributed by atoms with Crippen LogP contribution in [0.3, 0.4) is 0 Å². The molecule has 1 unspecified atom stereocenters. The highest BCUT2D eigenvalue weighted by Crippen LogP contribution is 2.23. The molecule has 8 nitrogen and oxygen atoms in total. The maximum Gasteiger partial charge on any atom is 0.241 e. The average molecular weight is 451 g/mol. The Morgan fingerprint density at radius 1 is 1.21 bits per heavy atom. The number of carbonyl (C=O) groups is 1. The number of rotatable bonds is 9. The van der Waals surface area contributed by atoms with Crippen LogP contribution in [0.25, 0.3) is 11.4 Å². The van der Waals surface area contributed by atoms with Gasteiger partial charge < -0.3 is 19.3 Å². The lowest BCUT2D eigenvalue weighted by Gasteiger charge is -2.30. The second-order valence-corrected chi connectivity index (χ2v) is 8.07. The second-order valence-electron chi connectivity index (χ2n) is 8.07. The van der Waals surface area contributed by atoms with Crippen LogP contribution in [0.5, 0.6) is 11.5 Å². The lowest BCUT2D eigenvalue weighted by atomic mass is 9.97. The predicted octanol–water partition coefficient (Wildman–Crippen LogP) is 3.67. The Hall–Kier alpha value is -3.39. The molecule has 1 N–H and O–H groups in total. The highest BCUT2D eigenvalue weighted by atomic mass is 16.5. The molecule has 1 aliphatic heterocycles. The van der Waals surface area contributed by atoms with Crippen LogP contribution in [0.1, 0.15) is 31.2 Å². The number of likely N-dealkylation sites (tertiary alicyclic amines) is 1. The van der Waals surface area contributed by atoms with Crippen molar-refractivity contribution in [3.63, 3.8) is 0 Å². The van der Waals surface area contributed by atoms with Crippen LogP contribution in [0, 0.1) is 5.92 Å². The van der Waals surface area contributed by atoms with Gasteiger partial charge in [0.25, 0.3) is 0 Å². The molecule has 0 radical (unpaired) electrons. The molecule has 1 saturated heterocycles. The third kappa shape index (κ3) is 5.90. The lowest BCUT2D eigenvalue weighted by Crippen LogP contribution is -2.42. The van der Waals surface area contributed by atoms with Crippen molar-refractivity contribution in [3.8, 4) is 22.9 Å². The van der Waals surface area contributed by atoms with E-state index in [1.807, 2.05) is 55.5 Å². The molecular formula is C25H30N4O4. The zero-order chi connectivity index (χ0) is 23.0. The molecule has 2 heterocycles. The van der Waals surface area contributed by atoms with Crippen LogP contribution in [0.4, 0.5) is 0 Å². The summed E-state index contributed by atoms with van der Waals surface area (Å²) in [6, 6.07) is 15.3. The van der Waals surface area contributed by atoms with Crippen molar-refractivity contribution in [1.82, 2.24) is 20.4 Å². The van der Waals surface area contributed by atoms with Gasteiger partial charge in [0.05, 0.1) is 26.2 Å². The van der Waals surface area contributed by atoms with Gasteiger partial charge in [-0.1, -0.05) is 23.4 Å². The van der Waals surface area contributed by atoms with E-state index < -0.39 is 0 Å². The van der Waals surface area contributed by atoms with Crippen LogP contribution >= 0.6 is 0 Å². The van der Waals surface area contributed by atoms with Gasteiger partial charge in [0.15, 0.2) is 0 Å². The number of hydrogen-bond acceptors (Lipinski definition) is 7. The van der Waals surface area contributed by atoms with E-state index in [4.69, 9.17) is 14.0 Å². The minimum atomic E-state index is -0.0676. The molecule has 0 spiro atoms. The van der Waals surface area contributed by atoms with Crippen molar-refractivity contribution in [2.24, 2.45) is 5.92 Å². The summed E-state index contributed by atoms with van der Waals surface area (Å²) in [5, 5.41) is 7.18. The third-order valence-electron chi connectivity index (χ3n) is 5.78. The Bertz CT molecular complexity index is 1050. The van der Waals surface area contributed by atoms with Crippen molar-refractivity contribution in [3.05, 3.63) is 60.0 Å². The molecule has 0 bridgehead atoms. The number of ether oxygens (including phenoxy) is 2. The van der Waals surface area contributed by atoms with Crippen LogP contribution in [0.15, 0.2) is 53.1 Å². The van der Waals surface area contributed by atoms with Crippen molar-refractivity contribution in [2.75, 3.05) is 26.8 Å². The minimum Gasteiger partial charge on any atom is -0.497 e. The molecule has 8 heteroatoms. The number of aromatic nitrogens is 2. The van der Waals surface area contributed by atoms with E-state index in [0.29, 0.717) is 38.0 Å². The fourth-order valence-corrected chi connectivity index (χ4v) is 4.05.